The number of nitrogens with zero attached hydrogens (tertiary/aromatic N) is 3. The molecule has 0 bridgehead atoms. The molecule has 1 saturated heterocycles. The van der Waals surface area contributed by atoms with Gasteiger partial charge in [-0.05, 0) is 37.3 Å². The summed E-state index contributed by atoms with van der Waals surface area (Å²) in [5.74, 6) is 2.11. The first-order valence-corrected chi connectivity index (χ1v) is 9.74. The minimum absolute atomic E-state index is 0.0364. The lowest BCUT2D eigenvalue weighted by molar-refractivity contribution is -0.134. The van der Waals surface area contributed by atoms with E-state index in [0.717, 1.165) is 38.4 Å². The average Bonchev–Trinajstić information content (AvgIpc) is 3.28. The fourth-order valence-electron chi connectivity index (χ4n) is 4.67. The summed E-state index contributed by atoms with van der Waals surface area (Å²) in [5.41, 5.74) is 0. The monoisotopic (exact) mass is 341 g/mol. The van der Waals surface area contributed by atoms with Gasteiger partial charge in [0.2, 0.25) is 5.91 Å². The molecule has 1 aliphatic heterocycles. The van der Waals surface area contributed by atoms with E-state index in [2.05, 4.69) is 11.0 Å². The van der Waals surface area contributed by atoms with Gasteiger partial charge in [-0.3, -0.25) is 9.69 Å². The van der Waals surface area contributed by atoms with Crippen LogP contribution in [0.4, 0.5) is 0 Å². The number of furan rings is 1. The number of carbonyl (C=O) groups is 1. The predicted octanol–water partition coefficient (Wildman–Crippen LogP) is 3.00. The highest BCUT2D eigenvalue weighted by atomic mass is 16.3. The van der Waals surface area contributed by atoms with Crippen LogP contribution in [0.5, 0.6) is 0 Å². The molecule has 1 aromatic rings. The summed E-state index contributed by atoms with van der Waals surface area (Å²) in [5, 5.41) is 9.66. The number of hydrogen-bond acceptors (Lipinski definition) is 4. The van der Waals surface area contributed by atoms with Crippen LogP contribution in [-0.4, -0.2) is 47.9 Å². The number of carbonyl (C=O) groups excluding carboxylic acids is 1. The van der Waals surface area contributed by atoms with Gasteiger partial charge in [0.25, 0.3) is 0 Å². The van der Waals surface area contributed by atoms with Crippen molar-refractivity contribution in [1.29, 1.82) is 5.26 Å². The van der Waals surface area contributed by atoms with Crippen LogP contribution in [0.15, 0.2) is 22.8 Å². The Morgan fingerprint density at radius 2 is 1.96 bits per heavy atom. The molecule has 1 amide bonds. The molecule has 0 N–H and O–H groups in total. The molecule has 0 unspecified atom stereocenters. The molecule has 2 aliphatic carbocycles. The van der Waals surface area contributed by atoms with Gasteiger partial charge in [-0.2, -0.15) is 5.26 Å². The molecule has 25 heavy (non-hydrogen) atoms. The summed E-state index contributed by atoms with van der Waals surface area (Å²) in [6, 6.07) is 6.45. The summed E-state index contributed by atoms with van der Waals surface area (Å²) in [6.07, 6.45) is 8.80. The van der Waals surface area contributed by atoms with E-state index in [1.54, 1.807) is 6.26 Å². The smallest absolute Gasteiger partial charge is 0.226 e. The van der Waals surface area contributed by atoms with Gasteiger partial charge >= 0.3 is 0 Å². The summed E-state index contributed by atoms with van der Waals surface area (Å²) < 4.78 is 5.44. The van der Waals surface area contributed by atoms with Gasteiger partial charge in [0.15, 0.2) is 0 Å². The Labute approximate surface area is 149 Å². The zero-order valence-electron chi connectivity index (χ0n) is 14.8. The zero-order chi connectivity index (χ0) is 17.2. The van der Waals surface area contributed by atoms with Gasteiger partial charge in [0, 0.05) is 38.0 Å². The predicted molar refractivity (Wildman–Crippen MR) is 93.7 cm³/mol. The maximum Gasteiger partial charge on any atom is 0.226 e. The van der Waals surface area contributed by atoms with Gasteiger partial charge in [0.05, 0.1) is 12.3 Å². The van der Waals surface area contributed by atoms with Gasteiger partial charge in [-0.1, -0.05) is 19.3 Å². The van der Waals surface area contributed by atoms with E-state index in [1.165, 1.54) is 32.1 Å². The molecule has 2 saturated carbocycles. The van der Waals surface area contributed by atoms with E-state index in [0.29, 0.717) is 5.92 Å². The molecule has 0 spiro atoms. The van der Waals surface area contributed by atoms with Crippen molar-refractivity contribution in [1.82, 2.24) is 9.80 Å². The summed E-state index contributed by atoms with van der Waals surface area (Å²) in [4.78, 5) is 17.0. The van der Waals surface area contributed by atoms with Gasteiger partial charge in [-0.25, -0.2) is 0 Å². The highest BCUT2D eigenvalue weighted by Crippen LogP contribution is 2.48. The Bertz CT molecular complexity index is 622. The Kier molecular flexibility index (Phi) is 4.80. The second-order valence-corrected chi connectivity index (χ2v) is 7.80. The molecular formula is C20H27N3O2. The quantitative estimate of drug-likeness (QED) is 0.845. The lowest BCUT2D eigenvalue weighted by Crippen LogP contribution is -2.53. The number of hydrogen-bond donors (Lipinski definition) is 0. The molecular weight excluding hydrogens is 314 g/mol. The molecule has 5 heteroatoms. The fraction of sp³-hybridized carbons (Fsp3) is 0.700. The summed E-state index contributed by atoms with van der Waals surface area (Å²) in [6.45, 7) is 3.17. The number of rotatable bonds is 4. The largest absolute Gasteiger partial charge is 0.469 e. The molecule has 4 rings (SSSR count). The SMILES string of the molecule is N#C[C@H](C1CCCCC1)N1CCN(C(=O)[C@@H]2C[C@@H]2c2ccco2)CC1. The van der Waals surface area contributed by atoms with Crippen LogP contribution < -0.4 is 0 Å². The number of nitriles is 1. The van der Waals surface area contributed by atoms with Crippen LogP contribution in [0.1, 0.15) is 50.2 Å². The first kappa shape index (κ1) is 16.7. The van der Waals surface area contributed by atoms with E-state index in [-0.39, 0.29) is 23.8 Å². The minimum Gasteiger partial charge on any atom is -0.469 e. The maximum atomic E-state index is 12.7. The van der Waals surface area contributed by atoms with E-state index < -0.39 is 0 Å². The first-order valence-electron chi connectivity index (χ1n) is 9.74. The average molecular weight is 341 g/mol. The molecule has 3 aliphatic rings. The molecule has 0 radical (unpaired) electrons. The van der Waals surface area contributed by atoms with Gasteiger partial charge in [0.1, 0.15) is 11.8 Å². The van der Waals surface area contributed by atoms with E-state index in [9.17, 15) is 10.1 Å². The molecule has 134 valence electrons. The van der Waals surface area contributed by atoms with Crippen molar-refractivity contribution >= 4 is 5.91 Å². The molecule has 3 atom stereocenters. The third-order valence-electron chi connectivity index (χ3n) is 6.26. The Balaban J connectivity index is 1.29. The van der Waals surface area contributed by atoms with Crippen LogP contribution in [-0.2, 0) is 4.79 Å². The van der Waals surface area contributed by atoms with Crippen molar-refractivity contribution < 1.29 is 9.21 Å². The van der Waals surface area contributed by atoms with Gasteiger partial charge in [-0.15, -0.1) is 0 Å². The normalized spacial score (nSPS) is 29.2. The van der Waals surface area contributed by atoms with Crippen LogP contribution in [0.2, 0.25) is 0 Å². The topological polar surface area (TPSA) is 60.5 Å². The third-order valence-corrected chi connectivity index (χ3v) is 6.26. The number of amides is 1. The lowest BCUT2D eigenvalue weighted by Gasteiger charge is -2.40. The molecule has 2 heterocycles. The van der Waals surface area contributed by atoms with Crippen molar-refractivity contribution in [2.45, 2.75) is 50.5 Å². The van der Waals surface area contributed by atoms with Crippen molar-refractivity contribution in [2.75, 3.05) is 26.2 Å². The van der Waals surface area contributed by atoms with E-state index >= 15 is 0 Å². The Morgan fingerprint density at radius 3 is 2.60 bits per heavy atom. The summed E-state index contributed by atoms with van der Waals surface area (Å²) in [7, 11) is 0. The summed E-state index contributed by atoms with van der Waals surface area (Å²) >= 11 is 0. The van der Waals surface area contributed by atoms with Crippen LogP contribution in [0.25, 0.3) is 0 Å². The Morgan fingerprint density at radius 1 is 1.20 bits per heavy atom. The zero-order valence-corrected chi connectivity index (χ0v) is 14.8. The van der Waals surface area contributed by atoms with Crippen molar-refractivity contribution in [3.63, 3.8) is 0 Å². The second kappa shape index (κ2) is 7.21. The molecule has 5 nitrogen and oxygen atoms in total. The molecule has 3 fully saturated rings. The Hall–Kier alpha value is -1.80. The lowest BCUT2D eigenvalue weighted by atomic mass is 9.83. The highest BCUT2D eigenvalue weighted by Gasteiger charge is 2.48. The van der Waals surface area contributed by atoms with E-state index in [1.807, 2.05) is 17.0 Å². The third kappa shape index (κ3) is 3.46. The van der Waals surface area contributed by atoms with Crippen LogP contribution >= 0.6 is 0 Å². The van der Waals surface area contributed by atoms with Crippen LogP contribution in [0.3, 0.4) is 0 Å². The fourth-order valence-corrected chi connectivity index (χ4v) is 4.67. The van der Waals surface area contributed by atoms with Gasteiger partial charge < -0.3 is 9.32 Å². The maximum absolute atomic E-state index is 12.7. The van der Waals surface area contributed by atoms with E-state index in [4.69, 9.17) is 4.42 Å². The van der Waals surface area contributed by atoms with Crippen molar-refractivity contribution in [2.24, 2.45) is 11.8 Å². The standard InChI is InChI=1S/C20H27N3O2/c21-14-18(15-5-2-1-3-6-15)22-8-10-23(11-9-22)20(24)17-13-16(17)19-7-4-12-25-19/h4,7,12,15-18H,1-3,5-6,8-11,13H2/t16-,17+,18+/m0/s1. The van der Waals surface area contributed by atoms with Crippen molar-refractivity contribution in [3.05, 3.63) is 24.2 Å². The van der Waals surface area contributed by atoms with Crippen LogP contribution in [0, 0.1) is 23.2 Å². The highest BCUT2D eigenvalue weighted by molar-refractivity contribution is 5.83. The first-order chi connectivity index (χ1) is 12.3. The van der Waals surface area contributed by atoms with Crippen molar-refractivity contribution in [3.8, 4) is 6.07 Å². The minimum atomic E-state index is 0.0364. The molecule has 0 aromatic carbocycles. The second-order valence-electron chi connectivity index (χ2n) is 7.80. The molecule has 1 aromatic heterocycles. The number of piperazine rings is 1.